The van der Waals surface area contributed by atoms with E-state index in [4.69, 9.17) is 11.6 Å². The van der Waals surface area contributed by atoms with Gasteiger partial charge in [0.15, 0.2) is 0 Å². The van der Waals surface area contributed by atoms with Gasteiger partial charge in [-0.05, 0) is 42.3 Å². The van der Waals surface area contributed by atoms with Crippen molar-refractivity contribution in [2.75, 3.05) is 25.0 Å². The first-order valence-electron chi connectivity index (χ1n) is 8.69. The van der Waals surface area contributed by atoms with Crippen molar-refractivity contribution in [1.82, 2.24) is 10.2 Å². The fourth-order valence-electron chi connectivity index (χ4n) is 3.03. The molecule has 1 fully saturated rings. The van der Waals surface area contributed by atoms with Crippen molar-refractivity contribution < 1.29 is 4.79 Å². The molecule has 0 unspecified atom stereocenters. The third-order valence-electron chi connectivity index (χ3n) is 4.54. The van der Waals surface area contributed by atoms with Gasteiger partial charge >= 0.3 is 0 Å². The SMILES string of the molecule is C[C@@H]1CNCCN1C(=O)Cc1ccc(NCc2ccc(Cl)cc2)cc1. The average Bonchev–Trinajstić information content (AvgIpc) is 2.63. The van der Waals surface area contributed by atoms with E-state index in [-0.39, 0.29) is 11.9 Å². The highest BCUT2D eigenvalue weighted by Crippen LogP contribution is 2.15. The summed E-state index contributed by atoms with van der Waals surface area (Å²) in [4.78, 5) is 14.4. The summed E-state index contributed by atoms with van der Waals surface area (Å²) in [7, 11) is 0. The van der Waals surface area contributed by atoms with Gasteiger partial charge in [0.05, 0.1) is 6.42 Å². The van der Waals surface area contributed by atoms with Crippen molar-refractivity contribution in [1.29, 1.82) is 0 Å². The van der Waals surface area contributed by atoms with Gasteiger partial charge in [0, 0.05) is 42.9 Å². The Morgan fingerprint density at radius 1 is 1.16 bits per heavy atom. The second-order valence-electron chi connectivity index (χ2n) is 6.49. The number of halogens is 1. The minimum atomic E-state index is 0.205. The molecule has 132 valence electrons. The molecule has 0 bridgehead atoms. The van der Waals surface area contributed by atoms with Gasteiger partial charge in [0.1, 0.15) is 0 Å². The minimum Gasteiger partial charge on any atom is -0.381 e. The molecule has 1 amide bonds. The van der Waals surface area contributed by atoms with Crippen molar-refractivity contribution in [2.24, 2.45) is 0 Å². The van der Waals surface area contributed by atoms with Crippen LogP contribution in [-0.2, 0) is 17.8 Å². The Morgan fingerprint density at radius 3 is 2.52 bits per heavy atom. The highest BCUT2D eigenvalue weighted by Gasteiger charge is 2.22. The minimum absolute atomic E-state index is 0.205. The van der Waals surface area contributed by atoms with Gasteiger partial charge < -0.3 is 15.5 Å². The first kappa shape index (κ1) is 17.8. The summed E-state index contributed by atoms with van der Waals surface area (Å²) >= 11 is 5.90. The maximum absolute atomic E-state index is 12.5. The van der Waals surface area contributed by atoms with E-state index < -0.39 is 0 Å². The topological polar surface area (TPSA) is 44.4 Å². The van der Waals surface area contributed by atoms with Crippen LogP contribution < -0.4 is 10.6 Å². The highest BCUT2D eigenvalue weighted by molar-refractivity contribution is 6.30. The summed E-state index contributed by atoms with van der Waals surface area (Å²) < 4.78 is 0. The van der Waals surface area contributed by atoms with Gasteiger partial charge in [-0.2, -0.15) is 0 Å². The zero-order chi connectivity index (χ0) is 17.6. The lowest BCUT2D eigenvalue weighted by atomic mass is 10.1. The lowest BCUT2D eigenvalue weighted by Crippen LogP contribution is -2.52. The molecule has 25 heavy (non-hydrogen) atoms. The van der Waals surface area contributed by atoms with Crippen LogP contribution in [0.1, 0.15) is 18.1 Å². The van der Waals surface area contributed by atoms with Crippen LogP contribution in [0.5, 0.6) is 0 Å². The van der Waals surface area contributed by atoms with E-state index >= 15 is 0 Å². The smallest absolute Gasteiger partial charge is 0.227 e. The Balaban J connectivity index is 1.53. The number of nitrogens with one attached hydrogen (secondary N) is 2. The Hall–Kier alpha value is -2.04. The number of piperazine rings is 1. The number of anilines is 1. The lowest BCUT2D eigenvalue weighted by molar-refractivity contribution is -0.133. The first-order valence-corrected chi connectivity index (χ1v) is 9.07. The van der Waals surface area contributed by atoms with Crippen LogP contribution in [-0.4, -0.2) is 36.5 Å². The van der Waals surface area contributed by atoms with Gasteiger partial charge in [0.2, 0.25) is 5.91 Å². The van der Waals surface area contributed by atoms with E-state index in [9.17, 15) is 4.79 Å². The standard InChI is InChI=1S/C20H24ClN3O/c1-15-13-22-10-11-24(15)20(25)12-16-4-8-19(9-5-16)23-14-17-2-6-18(21)7-3-17/h2-9,15,22-23H,10-14H2,1H3/t15-/m1/s1. The van der Waals surface area contributed by atoms with Crippen molar-refractivity contribution in [2.45, 2.75) is 25.9 Å². The molecule has 2 aromatic rings. The molecule has 5 heteroatoms. The summed E-state index contributed by atoms with van der Waals surface area (Å²) in [5.41, 5.74) is 3.27. The van der Waals surface area contributed by atoms with Crippen LogP contribution in [0.15, 0.2) is 48.5 Å². The predicted molar refractivity (Wildman–Crippen MR) is 103 cm³/mol. The second-order valence-corrected chi connectivity index (χ2v) is 6.93. The largest absolute Gasteiger partial charge is 0.381 e. The van der Waals surface area contributed by atoms with E-state index in [2.05, 4.69) is 17.6 Å². The third-order valence-corrected chi connectivity index (χ3v) is 4.79. The summed E-state index contributed by atoms with van der Waals surface area (Å²) in [5, 5.41) is 7.44. The number of hydrogen-bond acceptors (Lipinski definition) is 3. The van der Waals surface area contributed by atoms with E-state index in [1.807, 2.05) is 53.4 Å². The molecule has 2 aromatic carbocycles. The van der Waals surface area contributed by atoms with Crippen LogP contribution in [0.2, 0.25) is 5.02 Å². The first-order chi connectivity index (χ1) is 12.1. The maximum Gasteiger partial charge on any atom is 0.227 e. The molecule has 0 saturated carbocycles. The van der Waals surface area contributed by atoms with Crippen molar-refractivity contribution >= 4 is 23.2 Å². The molecule has 2 N–H and O–H groups in total. The van der Waals surface area contributed by atoms with E-state index in [1.165, 1.54) is 5.56 Å². The molecule has 0 spiro atoms. The number of carbonyl (C=O) groups is 1. The molecule has 0 radical (unpaired) electrons. The van der Waals surface area contributed by atoms with Gasteiger partial charge in [-0.3, -0.25) is 4.79 Å². The van der Waals surface area contributed by atoms with Crippen LogP contribution in [0, 0.1) is 0 Å². The number of rotatable bonds is 5. The van der Waals surface area contributed by atoms with Crippen LogP contribution >= 0.6 is 11.6 Å². The zero-order valence-electron chi connectivity index (χ0n) is 14.5. The number of nitrogens with zero attached hydrogens (tertiary/aromatic N) is 1. The molecule has 1 heterocycles. The number of benzene rings is 2. The Kier molecular flexibility index (Phi) is 5.95. The van der Waals surface area contributed by atoms with Crippen molar-refractivity contribution in [3.63, 3.8) is 0 Å². The highest BCUT2D eigenvalue weighted by atomic mass is 35.5. The Bertz CT molecular complexity index is 700. The van der Waals surface area contributed by atoms with Crippen LogP contribution in [0.4, 0.5) is 5.69 Å². The van der Waals surface area contributed by atoms with E-state index in [0.717, 1.165) is 42.5 Å². The van der Waals surface area contributed by atoms with Gasteiger partial charge in [0.25, 0.3) is 0 Å². The zero-order valence-corrected chi connectivity index (χ0v) is 15.2. The van der Waals surface area contributed by atoms with E-state index in [1.54, 1.807) is 0 Å². The molecule has 0 aliphatic carbocycles. The molecule has 3 rings (SSSR count). The second kappa shape index (κ2) is 8.37. The van der Waals surface area contributed by atoms with Crippen molar-refractivity contribution in [3.05, 3.63) is 64.7 Å². The molecule has 1 aliphatic rings. The molecule has 4 nitrogen and oxygen atoms in total. The van der Waals surface area contributed by atoms with E-state index in [0.29, 0.717) is 6.42 Å². The Morgan fingerprint density at radius 2 is 1.84 bits per heavy atom. The van der Waals surface area contributed by atoms with Crippen LogP contribution in [0.25, 0.3) is 0 Å². The van der Waals surface area contributed by atoms with Crippen molar-refractivity contribution in [3.8, 4) is 0 Å². The average molecular weight is 358 g/mol. The molecule has 1 atom stereocenters. The number of amides is 1. The molecule has 1 aliphatic heterocycles. The van der Waals surface area contributed by atoms with Gasteiger partial charge in [-0.25, -0.2) is 0 Å². The fourth-order valence-corrected chi connectivity index (χ4v) is 3.16. The number of carbonyl (C=O) groups excluding carboxylic acids is 1. The molecular formula is C20H24ClN3O. The Labute approximate surface area is 154 Å². The number of hydrogen-bond donors (Lipinski definition) is 2. The molecular weight excluding hydrogens is 334 g/mol. The quantitative estimate of drug-likeness (QED) is 0.862. The normalized spacial score (nSPS) is 17.4. The van der Waals surface area contributed by atoms with Gasteiger partial charge in [-0.15, -0.1) is 0 Å². The van der Waals surface area contributed by atoms with Crippen LogP contribution in [0.3, 0.4) is 0 Å². The summed E-state index contributed by atoms with van der Waals surface area (Å²) in [6.07, 6.45) is 0.460. The predicted octanol–water partition coefficient (Wildman–Crippen LogP) is 3.31. The molecule has 0 aromatic heterocycles. The molecule has 1 saturated heterocycles. The maximum atomic E-state index is 12.5. The van der Waals surface area contributed by atoms with Gasteiger partial charge in [-0.1, -0.05) is 35.9 Å². The summed E-state index contributed by atoms with van der Waals surface area (Å²) in [5.74, 6) is 0.205. The fraction of sp³-hybridized carbons (Fsp3) is 0.350. The third kappa shape index (κ3) is 4.97. The monoisotopic (exact) mass is 357 g/mol. The lowest BCUT2D eigenvalue weighted by Gasteiger charge is -2.34. The summed E-state index contributed by atoms with van der Waals surface area (Å²) in [6.45, 7) is 5.38. The summed E-state index contributed by atoms with van der Waals surface area (Å²) in [6, 6.07) is 16.2.